The number of nitrogens with zero attached hydrogens (tertiary/aromatic N) is 4. The fourth-order valence-corrected chi connectivity index (χ4v) is 4.94. The van der Waals surface area contributed by atoms with Crippen LogP contribution in [0.25, 0.3) is 0 Å². The van der Waals surface area contributed by atoms with E-state index in [1.54, 1.807) is 12.4 Å². The molecule has 2 saturated heterocycles. The van der Waals surface area contributed by atoms with E-state index in [0.29, 0.717) is 6.54 Å². The van der Waals surface area contributed by atoms with Gasteiger partial charge in [-0.05, 0) is 49.5 Å². The van der Waals surface area contributed by atoms with E-state index in [2.05, 4.69) is 40.2 Å². The zero-order valence-electron chi connectivity index (χ0n) is 14.8. The highest BCUT2D eigenvalue weighted by molar-refractivity contribution is 7.10. The molecule has 0 aromatic carbocycles. The van der Waals surface area contributed by atoms with E-state index >= 15 is 0 Å². The Hall–Kier alpha value is -1.76. The second-order valence-corrected chi connectivity index (χ2v) is 8.26. The van der Waals surface area contributed by atoms with Crippen LogP contribution in [-0.4, -0.2) is 59.5 Å². The van der Waals surface area contributed by atoms with Crippen LogP contribution in [0.5, 0.6) is 0 Å². The summed E-state index contributed by atoms with van der Waals surface area (Å²) in [6.07, 6.45) is 4.64. The van der Waals surface area contributed by atoms with Gasteiger partial charge in [-0.15, -0.1) is 11.3 Å². The molecule has 1 unspecified atom stereocenters. The Kier molecular flexibility index (Phi) is 4.35. The number of hydrogen-bond acceptors (Lipinski definition) is 5. The van der Waals surface area contributed by atoms with E-state index in [1.165, 1.54) is 10.4 Å². The standard InChI is InChI=1S/C19H24N4OS/c1-15-5-9-25-17(15)11-22-8-6-19(13-22)14-23(18(24)12-21(19)2)16-4-3-7-20-10-16/h3-5,7,9-10H,6,8,11-14H2,1-2H3. The minimum absolute atomic E-state index is 0.0366. The van der Waals surface area contributed by atoms with Crippen molar-refractivity contribution in [2.45, 2.75) is 25.4 Å². The van der Waals surface area contributed by atoms with E-state index in [-0.39, 0.29) is 11.4 Å². The van der Waals surface area contributed by atoms with Crippen LogP contribution in [0.4, 0.5) is 5.69 Å². The summed E-state index contributed by atoms with van der Waals surface area (Å²) in [7, 11) is 2.10. The first-order chi connectivity index (χ1) is 12.1. The maximum atomic E-state index is 12.6. The lowest BCUT2D eigenvalue weighted by molar-refractivity contribution is -0.123. The molecule has 1 spiro atoms. The number of carbonyl (C=O) groups is 1. The highest BCUT2D eigenvalue weighted by atomic mass is 32.1. The third kappa shape index (κ3) is 3.10. The Bertz CT molecular complexity index is 762. The maximum Gasteiger partial charge on any atom is 0.241 e. The molecule has 5 nitrogen and oxygen atoms in total. The van der Waals surface area contributed by atoms with Gasteiger partial charge in [0, 0.05) is 37.3 Å². The van der Waals surface area contributed by atoms with E-state index in [9.17, 15) is 4.79 Å². The molecule has 1 atom stereocenters. The second kappa shape index (κ2) is 6.52. The summed E-state index contributed by atoms with van der Waals surface area (Å²) in [4.78, 5) is 24.9. The number of likely N-dealkylation sites (N-methyl/N-ethyl adjacent to an activating group) is 1. The molecule has 2 aliphatic heterocycles. The van der Waals surface area contributed by atoms with Crippen LogP contribution < -0.4 is 4.90 Å². The Labute approximate surface area is 152 Å². The third-order valence-electron chi connectivity index (χ3n) is 5.64. The summed E-state index contributed by atoms with van der Waals surface area (Å²) in [6, 6.07) is 6.07. The monoisotopic (exact) mass is 356 g/mol. The maximum absolute atomic E-state index is 12.6. The first-order valence-corrected chi connectivity index (χ1v) is 9.62. The van der Waals surface area contributed by atoms with Gasteiger partial charge in [0.05, 0.1) is 24.0 Å². The molecule has 0 aliphatic carbocycles. The lowest BCUT2D eigenvalue weighted by Gasteiger charge is -2.46. The van der Waals surface area contributed by atoms with Crippen molar-refractivity contribution in [1.29, 1.82) is 0 Å². The average Bonchev–Trinajstić information content (AvgIpc) is 3.20. The third-order valence-corrected chi connectivity index (χ3v) is 6.65. The fourth-order valence-electron chi connectivity index (χ4n) is 3.99. The highest BCUT2D eigenvalue weighted by Crippen LogP contribution is 2.34. The molecule has 0 N–H and O–H groups in total. The minimum atomic E-state index is 0.0366. The molecular weight excluding hydrogens is 332 g/mol. The molecule has 6 heteroatoms. The number of thiophene rings is 1. The number of aromatic nitrogens is 1. The molecule has 1 amide bonds. The molecule has 0 bridgehead atoms. The predicted molar refractivity (Wildman–Crippen MR) is 101 cm³/mol. The van der Waals surface area contributed by atoms with Gasteiger partial charge in [-0.1, -0.05) is 0 Å². The largest absolute Gasteiger partial charge is 0.308 e. The van der Waals surface area contributed by atoms with Gasteiger partial charge in [0.15, 0.2) is 0 Å². The molecule has 4 rings (SSSR count). The summed E-state index contributed by atoms with van der Waals surface area (Å²) in [5.74, 6) is 0.161. The average molecular weight is 356 g/mol. The van der Waals surface area contributed by atoms with E-state index in [4.69, 9.17) is 0 Å². The van der Waals surface area contributed by atoms with E-state index in [0.717, 1.165) is 38.3 Å². The van der Waals surface area contributed by atoms with Crippen molar-refractivity contribution in [2.75, 3.05) is 38.1 Å². The smallest absolute Gasteiger partial charge is 0.241 e. The summed E-state index contributed by atoms with van der Waals surface area (Å²) < 4.78 is 0. The molecule has 4 heterocycles. The van der Waals surface area contributed by atoms with Crippen molar-refractivity contribution in [1.82, 2.24) is 14.8 Å². The van der Waals surface area contributed by atoms with Gasteiger partial charge in [0.2, 0.25) is 5.91 Å². The Morgan fingerprint density at radius 2 is 2.20 bits per heavy atom. The van der Waals surface area contributed by atoms with Gasteiger partial charge in [-0.2, -0.15) is 0 Å². The highest BCUT2D eigenvalue weighted by Gasteiger charge is 2.47. The summed E-state index contributed by atoms with van der Waals surface area (Å²) in [5.41, 5.74) is 2.33. The summed E-state index contributed by atoms with van der Waals surface area (Å²) in [5, 5.41) is 2.17. The van der Waals surface area contributed by atoms with Gasteiger partial charge >= 0.3 is 0 Å². The van der Waals surface area contributed by atoms with Gasteiger partial charge in [0.25, 0.3) is 0 Å². The summed E-state index contributed by atoms with van der Waals surface area (Å²) in [6.45, 7) is 6.50. The number of hydrogen-bond donors (Lipinski definition) is 0. The lowest BCUT2D eigenvalue weighted by atomic mass is 9.92. The van der Waals surface area contributed by atoms with Crippen LogP contribution in [0.1, 0.15) is 16.9 Å². The Morgan fingerprint density at radius 3 is 2.92 bits per heavy atom. The van der Waals surface area contributed by atoms with Gasteiger partial charge in [-0.25, -0.2) is 0 Å². The van der Waals surface area contributed by atoms with Gasteiger partial charge in [0.1, 0.15) is 0 Å². The number of likely N-dealkylation sites (tertiary alicyclic amines) is 1. The molecule has 132 valence electrons. The van der Waals surface area contributed by atoms with Crippen molar-refractivity contribution in [3.05, 3.63) is 46.4 Å². The van der Waals surface area contributed by atoms with Crippen molar-refractivity contribution in [3.8, 4) is 0 Å². The van der Waals surface area contributed by atoms with Crippen molar-refractivity contribution >= 4 is 22.9 Å². The molecule has 2 fully saturated rings. The Balaban J connectivity index is 1.52. The fraction of sp³-hybridized carbons (Fsp3) is 0.474. The number of carbonyl (C=O) groups excluding carboxylic acids is 1. The molecule has 2 aromatic rings. The topological polar surface area (TPSA) is 39.7 Å². The minimum Gasteiger partial charge on any atom is -0.308 e. The lowest BCUT2D eigenvalue weighted by Crippen LogP contribution is -2.64. The second-order valence-electron chi connectivity index (χ2n) is 7.26. The number of piperazine rings is 1. The summed E-state index contributed by atoms with van der Waals surface area (Å²) >= 11 is 1.84. The molecule has 0 radical (unpaired) electrons. The van der Waals surface area contributed by atoms with Crippen LogP contribution in [0.15, 0.2) is 36.0 Å². The van der Waals surface area contributed by atoms with Crippen LogP contribution in [0, 0.1) is 6.92 Å². The number of anilines is 1. The van der Waals surface area contributed by atoms with Crippen LogP contribution in [0.2, 0.25) is 0 Å². The van der Waals surface area contributed by atoms with Gasteiger partial charge < -0.3 is 4.90 Å². The van der Waals surface area contributed by atoms with E-state index < -0.39 is 0 Å². The zero-order chi connectivity index (χ0) is 17.4. The number of aryl methyl sites for hydroxylation is 1. The molecular formula is C19H24N4OS. The number of amides is 1. The van der Waals surface area contributed by atoms with Gasteiger partial charge in [-0.3, -0.25) is 19.6 Å². The molecule has 0 saturated carbocycles. The van der Waals surface area contributed by atoms with Crippen LogP contribution >= 0.6 is 11.3 Å². The first kappa shape index (κ1) is 16.7. The quantitative estimate of drug-likeness (QED) is 0.847. The predicted octanol–water partition coefficient (Wildman–Crippen LogP) is 2.37. The zero-order valence-corrected chi connectivity index (χ0v) is 15.6. The van der Waals surface area contributed by atoms with Crippen LogP contribution in [-0.2, 0) is 11.3 Å². The number of pyridine rings is 1. The first-order valence-electron chi connectivity index (χ1n) is 8.74. The SMILES string of the molecule is Cc1ccsc1CN1CCC2(C1)CN(c1cccnc1)C(=O)CN2C. The molecule has 2 aromatic heterocycles. The van der Waals surface area contributed by atoms with Crippen molar-refractivity contribution in [2.24, 2.45) is 0 Å². The van der Waals surface area contributed by atoms with Crippen molar-refractivity contribution in [3.63, 3.8) is 0 Å². The number of rotatable bonds is 3. The normalized spacial score (nSPS) is 25.2. The van der Waals surface area contributed by atoms with E-state index in [1.807, 2.05) is 28.4 Å². The van der Waals surface area contributed by atoms with Crippen molar-refractivity contribution < 1.29 is 4.79 Å². The molecule has 25 heavy (non-hydrogen) atoms. The Morgan fingerprint density at radius 1 is 1.32 bits per heavy atom. The molecule has 2 aliphatic rings. The van der Waals surface area contributed by atoms with Crippen LogP contribution in [0.3, 0.4) is 0 Å².